The zero-order valence-corrected chi connectivity index (χ0v) is 10.6. The van der Waals surface area contributed by atoms with E-state index in [4.69, 9.17) is 0 Å². The second kappa shape index (κ2) is 6.44. The maximum atomic E-state index is 11.9. The minimum atomic E-state index is 0.104. The number of Topliss-reactive ketones (excluding diaryl/α,β-unsaturated/α-hetero) is 1. The van der Waals surface area contributed by atoms with E-state index in [2.05, 4.69) is 22.2 Å². The molecule has 0 radical (unpaired) electrons. The van der Waals surface area contributed by atoms with Crippen molar-refractivity contribution in [2.24, 2.45) is 0 Å². The van der Waals surface area contributed by atoms with Gasteiger partial charge in [-0.15, -0.1) is 11.7 Å². The van der Waals surface area contributed by atoms with Gasteiger partial charge in [0, 0.05) is 19.5 Å². The Morgan fingerprint density at radius 3 is 3.00 bits per heavy atom. The third kappa shape index (κ3) is 3.26. The van der Waals surface area contributed by atoms with Gasteiger partial charge >= 0.3 is 0 Å². The van der Waals surface area contributed by atoms with Gasteiger partial charge in [-0.1, -0.05) is 17.7 Å². The van der Waals surface area contributed by atoms with Crippen molar-refractivity contribution in [2.45, 2.75) is 38.1 Å². The zero-order valence-electron chi connectivity index (χ0n) is 10.6. The first-order valence-corrected chi connectivity index (χ1v) is 6.58. The number of hydrogen-bond acceptors (Lipinski definition) is 4. The maximum Gasteiger partial charge on any atom is 0.184 e. The van der Waals surface area contributed by atoms with Gasteiger partial charge in [-0.25, -0.2) is 4.68 Å². The molecule has 0 bridgehead atoms. The van der Waals surface area contributed by atoms with Crippen molar-refractivity contribution in [3.05, 3.63) is 24.5 Å². The van der Waals surface area contributed by atoms with Crippen LogP contribution < -0.4 is 5.32 Å². The van der Waals surface area contributed by atoms with Crippen LogP contribution in [0.1, 0.15) is 48.6 Å². The summed E-state index contributed by atoms with van der Waals surface area (Å²) < 4.78 is 1.79. The van der Waals surface area contributed by atoms with Crippen LogP contribution >= 0.6 is 0 Å². The number of unbranched alkanes of at least 4 members (excludes halogenated alkanes) is 3. The number of aromatic nitrogens is 3. The Morgan fingerprint density at radius 2 is 2.33 bits per heavy atom. The van der Waals surface area contributed by atoms with Gasteiger partial charge in [0.2, 0.25) is 0 Å². The van der Waals surface area contributed by atoms with Crippen LogP contribution in [-0.2, 0) is 0 Å². The van der Waals surface area contributed by atoms with Gasteiger partial charge in [-0.2, -0.15) is 0 Å². The number of hydrogen-bond donors (Lipinski definition) is 1. The van der Waals surface area contributed by atoms with Crippen LogP contribution in [0.2, 0.25) is 0 Å². The van der Waals surface area contributed by atoms with E-state index in [0.717, 1.165) is 38.8 Å². The lowest BCUT2D eigenvalue weighted by Gasteiger charge is -2.26. The highest BCUT2D eigenvalue weighted by Gasteiger charge is 2.21. The van der Waals surface area contributed by atoms with Crippen LogP contribution in [0.4, 0.5) is 0 Å². The molecular weight excluding hydrogens is 228 g/mol. The smallest absolute Gasteiger partial charge is 0.184 e. The summed E-state index contributed by atoms with van der Waals surface area (Å²) in [6.07, 6.45) is 8.38. The molecule has 0 aliphatic carbocycles. The Kier molecular flexibility index (Phi) is 4.64. The summed E-state index contributed by atoms with van der Waals surface area (Å²) >= 11 is 0. The van der Waals surface area contributed by atoms with Crippen LogP contribution in [0.25, 0.3) is 0 Å². The molecule has 5 heteroatoms. The normalized spacial score (nSPS) is 15.3. The van der Waals surface area contributed by atoms with Gasteiger partial charge in [0.05, 0.1) is 12.2 Å². The first kappa shape index (κ1) is 13.0. The molecule has 1 fully saturated rings. The average molecular weight is 248 g/mol. The molecule has 0 aromatic carbocycles. The molecule has 1 N–H and O–H groups in total. The molecule has 98 valence electrons. The Morgan fingerprint density at radius 1 is 1.50 bits per heavy atom. The van der Waals surface area contributed by atoms with Crippen molar-refractivity contribution < 1.29 is 4.79 Å². The molecule has 1 aliphatic heterocycles. The molecule has 0 amide bonds. The number of ketones is 1. The number of rotatable bonds is 8. The Balaban J connectivity index is 1.74. The second-order valence-corrected chi connectivity index (χ2v) is 4.71. The van der Waals surface area contributed by atoms with Gasteiger partial charge in [0.15, 0.2) is 5.78 Å². The second-order valence-electron chi connectivity index (χ2n) is 4.71. The molecule has 2 heterocycles. The van der Waals surface area contributed by atoms with Gasteiger partial charge in [-0.05, 0) is 19.3 Å². The number of carbonyl (C=O) groups excluding carboxylic acids is 1. The lowest BCUT2D eigenvalue weighted by Crippen LogP contribution is -2.43. The van der Waals surface area contributed by atoms with Crippen molar-refractivity contribution in [3.63, 3.8) is 0 Å². The highest BCUT2D eigenvalue weighted by molar-refractivity contribution is 5.93. The molecule has 1 aromatic heterocycles. The number of carbonyl (C=O) groups is 1. The Hall–Kier alpha value is -1.49. The van der Waals surface area contributed by atoms with E-state index in [0.29, 0.717) is 18.2 Å². The summed E-state index contributed by atoms with van der Waals surface area (Å²) in [5, 5.41) is 11.1. The van der Waals surface area contributed by atoms with Crippen molar-refractivity contribution in [3.8, 4) is 0 Å². The van der Waals surface area contributed by atoms with Crippen molar-refractivity contribution in [2.75, 3.05) is 13.1 Å². The first-order chi connectivity index (χ1) is 8.81. The van der Waals surface area contributed by atoms with Crippen LogP contribution in [-0.4, -0.2) is 33.9 Å². The molecule has 0 unspecified atom stereocenters. The standard InChI is InChI=1S/C13H20N4O/c1-2-3-4-5-6-7-13(18)12-10-17(16-15-12)11-8-14-9-11/h2,10-11,14H,1,3-9H2. The van der Waals surface area contributed by atoms with Gasteiger partial charge in [0.25, 0.3) is 0 Å². The molecule has 2 rings (SSSR count). The molecule has 1 saturated heterocycles. The van der Waals surface area contributed by atoms with Crippen LogP contribution in [0.15, 0.2) is 18.9 Å². The fourth-order valence-electron chi connectivity index (χ4n) is 1.92. The first-order valence-electron chi connectivity index (χ1n) is 6.58. The summed E-state index contributed by atoms with van der Waals surface area (Å²) in [5.41, 5.74) is 0.505. The van der Waals surface area contributed by atoms with E-state index in [1.807, 2.05) is 6.08 Å². The topological polar surface area (TPSA) is 59.8 Å². The quantitative estimate of drug-likeness (QED) is 0.432. The van der Waals surface area contributed by atoms with E-state index in [1.165, 1.54) is 0 Å². The minimum absolute atomic E-state index is 0.104. The molecule has 18 heavy (non-hydrogen) atoms. The van der Waals surface area contributed by atoms with E-state index in [-0.39, 0.29) is 5.78 Å². The predicted octanol–water partition coefficient (Wildman–Crippen LogP) is 1.74. The largest absolute Gasteiger partial charge is 0.312 e. The van der Waals surface area contributed by atoms with Gasteiger partial charge < -0.3 is 5.32 Å². The van der Waals surface area contributed by atoms with Crippen LogP contribution in [0.5, 0.6) is 0 Å². The SMILES string of the molecule is C=CCCCCCC(=O)c1cn(C2CNC2)nn1. The highest BCUT2D eigenvalue weighted by Crippen LogP contribution is 2.12. The molecule has 0 spiro atoms. The monoisotopic (exact) mass is 248 g/mol. The van der Waals surface area contributed by atoms with Crippen molar-refractivity contribution >= 4 is 5.78 Å². The summed E-state index contributed by atoms with van der Waals surface area (Å²) in [6.45, 7) is 5.51. The Labute approximate surface area is 107 Å². The third-order valence-electron chi connectivity index (χ3n) is 3.24. The lowest BCUT2D eigenvalue weighted by molar-refractivity contribution is 0.0974. The van der Waals surface area contributed by atoms with Gasteiger partial charge in [0.1, 0.15) is 5.69 Å². The van der Waals surface area contributed by atoms with E-state index >= 15 is 0 Å². The molecule has 1 aliphatic rings. The zero-order chi connectivity index (χ0) is 12.8. The molecule has 1 aromatic rings. The number of nitrogens with zero attached hydrogens (tertiary/aromatic N) is 3. The average Bonchev–Trinajstić information content (AvgIpc) is 2.75. The number of allylic oxidation sites excluding steroid dienone is 1. The molecule has 0 atom stereocenters. The van der Waals surface area contributed by atoms with E-state index < -0.39 is 0 Å². The molecular formula is C13H20N4O. The molecule has 0 saturated carbocycles. The van der Waals surface area contributed by atoms with Crippen molar-refractivity contribution in [1.82, 2.24) is 20.3 Å². The Bertz CT molecular complexity index is 409. The van der Waals surface area contributed by atoms with Crippen LogP contribution in [0.3, 0.4) is 0 Å². The van der Waals surface area contributed by atoms with E-state index in [1.54, 1.807) is 10.9 Å². The predicted molar refractivity (Wildman–Crippen MR) is 69.5 cm³/mol. The summed E-state index contributed by atoms with van der Waals surface area (Å²) in [5.74, 6) is 0.104. The summed E-state index contributed by atoms with van der Waals surface area (Å²) in [4.78, 5) is 11.9. The lowest BCUT2D eigenvalue weighted by atomic mass is 10.1. The van der Waals surface area contributed by atoms with E-state index in [9.17, 15) is 4.79 Å². The highest BCUT2D eigenvalue weighted by atomic mass is 16.1. The fraction of sp³-hybridized carbons (Fsp3) is 0.615. The van der Waals surface area contributed by atoms with Gasteiger partial charge in [-0.3, -0.25) is 4.79 Å². The van der Waals surface area contributed by atoms with Crippen LogP contribution in [0, 0.1) is 0 Å². The summed E-state index contributed by atoms with van der Waals surface area (Å²) in [7, 11) is 0. The maximum absolute atomic E-state index is 11.9. The third-order valence-corrected chi connectivity index (χ3v) is 3.24. The summed E-state index contributed by atoms with van der Waals surface area (Å²) in [6, 6.07) is 0.367. The van der Waals surface area contributed by atoms with Crippen molar-refractivity contribution in [1.29, 1.82) is 0 Å². The fourth-order valence-corrected chi connectivity index (χ4v) is 1.92. The molecule has 5 nitrogen and oxygen atoms in total. The number of nitrogens with one attached hydrogen (secondary N) is 1. The minimum Gasteiger partial charge on any atom is -0.312 e.